The van der Waals surface area contributed by atoms with Gasteiger partial charge < -0.3 is 10.1 Å². The topological polar surface area (TPSA) is 56.2 Å². The summed E-state index contributed by atoms with van der Waals surface area (Å²) in [5.74, 6) is 0.603. The van der Waals surface area contributed by atoms with E-state index in [9.17, 15) is 4.79 Å². The quantitative estimate of drug-likeness (QED) is 0.694. The summed E-state index contributed by atoms with van der Waals surface area (Å²) >= 11 is 5.95. The maximum atomic E-state index is 12.4. The van der Waals surface area contributed by atoms with Crippen LogP contribution in [0.25, 0.3) is 0 Å². The van der Waals surface area contributed by atoms with Crippen LogP contribution < -0.4 is 10.1 Å². The lowest BCUT2D eigenvalue weighted by Gasteiger charge is -2.08. The number of nitrogens with zero attached hydrogens (tertiary/aromatic N) is 2. The van der Waals surface area contributed by atoms with E-state index in [2.05, 4.69) is 10.4 Å². The second-order valence-corrected chi connectivity index (χ2v) is 6.84. The molecule has 5 nitrogen and oxygen atoms in total. The maximum Gasteiger partial charge on any atom is 0.251 e. The van der Waals surface area contributed by atoms with E-state index in [1.807, 2.05) is 49.8 Å². The van der Waals surface area contributed by atoms with Crippen molar-refractivity contribution in [2.75, 3.05) is 0 Å². The van der Waals surface area contributed by atoms with Crippen LogP contribution in [0.5, 0.6) is 5.75 Å². The lowest BCUT2D eigenvalue weighted by molar-refractivity contribution is 0.0951. The Balaban J connectivity index is 1.57. The Morgan fingerprint density at radius 1 is 1.19 bits per heavy atom. The zero-order valence-corrected chi connectivity index (χ0v) is 16.4. The molecule has 27 heavy (non-hydrogen) atoms. The highest BCUT2D eigenvalue weighted by molar-refractivity contribution is 6.30. The normalized spacial score (nSPS) is 10.7. The molecular weight excluding hydrogens is 362 g/mol. The molecule has 2 aromatic carbocycles. The third kappa shape index (κ3) is 4.68. The first-order valence-electron chi connectivity index (χ1n) is 8.68. The van der Waals surface area contributed by atoms with Gasteiger partial charge in [0.15, 0.2) is 0 Å². The first-order chi connectivity index (χ1) is 12.9. The largest absolute Gasteiger partial charge is 0.489 e. The molecule has 0 atom stereocenters. The number of aromatic nitrogens is 2. The molecule has 6 heteroatoms. The van der Waals surface area contributed by atoms with Gasteiger partial charge in [-0.25, -0.2) is 0 Å². The molecule has 0 saturated heterocycles. The van der Waals surface area contributed by atoms with Crippen LogP contribution >= 0.6 is 11.6 Å². The monoisotopic (exact) mass is 383 g/mol. The van der Waals surface area contributed by atoms with Gasteiger partial charge in [0, 0.05) is 35.4 Å². The summed E-state index contributed by atoms with van der Waals surface area (Å²) in [6.07, 6.45) is 0. The molecule has 3 aromatic rings. The van der Waals surface area contributed by atoms with E-state index in [0.29, 0.717) is 29.5 Å². The van der Waals surface area contributed by atoms with Gasteiger partial charge in [-0.2, -0.15) is 5.10 Å². The van der Waals surface area contributed by atoms with Crippen LogP contribution in [0.3, 0.4) is 0 Å². The van der Waals surface area contributed by atoms with Gasteiger partial charge in [-0.05, 0) is 49.7 Å². The van der Waals surface area contributed by atoms with Crippen molar-refractivity contribution >= 4 is 17.5 Å². The molecule has 0 aliphatic heterocycles. The lowest BCUT2D eigenvalue weighted by Crippen LogP contribution is -2.23. The fourth-order valence-electron chi connectivity index (χ4n) is 2.82. The molecule has 1 heterocycles. The molecule has 0 fully saturated rings. The zero-order valence-electron chi connectivity index (χ0n) is 15.6. The fraction of sp³-hybridized carbons (Fsp3) is 0.238. The number of hydrogen-bond acceptors (Lipinski definition) is 3. The second kappa shape index (κ2) is 8.27. The average molecular weight is 384 g/mol. The van der Waals surface area contributed by atoms with Crippen molar-refractivity contribution in [3.8, 4) is 5.75 Å². The summed E-state index contributed by atoms with van der Waals surface area (Å²) in [7, 11) is 1.90. The number of rotatable bonds is 6. The van der Waals surface area contributed by atoms with Crippen LogP contribution in [-0.2, 0) is 20.2 Å². The van der Waals surface area contributed by atoms with Gasteiger partial charge in [-0.3, -0.25) is 9.48 Å². The summed E-state index contributed by atoms with van der Waals surface area (Å²) in [6.45, 7) is 4.82. The molecule has 1 amide bonds. The van der Waals surface area contributed by atoms with E-state index < -0.39 is 0 Å². The van der Waals surface area contributed by atoms with Gasteiger partial charge >= 0.3 is 0 Å². The maximum absolute atomic E-state index is 12.4. The van der Waals surface area contributed by atoms with E-state index in [-0.39, 0.29) is 5.91 Å². The lowest BCUT2D eigenvalue weighted by atomic mass is 10.1. The summed E-state index contributed by atoms with van der Waals surface area (Å²) in [6, 6.07) is 14.7. The highest BCUT2D eigenvalue weighted by atomic mass is 35.5. The molecule has 0 spiro atoms. The SMILES string of the molecule is Cc1nn(C)c(C)c1CNC(=O)c1ccc(COc2cccc(Cl)c2)cc1. The summed E-state index contributed by atoms with van der Waals surface area (Å²) < 4.78 is 7.54. The third-order valence-electron chi connectivity index (χ3n) is 4.50. The van der Waals surface area contributed by atoms with E-state index in [1.165, 1.54) is 0 Å². The molecular formula is C21H22ClN3O2. The Morgan fingerprint density at radius 2 is 1.93 bits per heavy atom. The molecule has 0 bridgehead atoms. The number of benzene rings is 2. The fourth-order valence-corrected chi connectivity index (χ4v) is 3.00. The molecule has 140 valence electrons. The van der Waals surface area contributed by atoms with Crippen LogP contribution in [-0.4, -0.2) is 15.7 Å². The van der Waals surface area contributed by atoms with E-state index in [4.69, 9.17) is 16.3 Å². The highest BCUT2D eigenvalue weighted by Gasteiger charge is 2.11. The number of amides is 1. The first kappa shape index (κ1) is 19.0. The standard InChI is InChI=1S/C21H22ClN3O2/c1-14-20(15(2)25(3)24-14)12-23-21(26)17-9-7-16(8-10-17)13-27-19-6-4-5-18(22)11-19/h4-11H,12-13H2,1-3H3,(H,23,26). The van der Waals surface area contributed by atoms with Gasteiger partial charge in [0.05, 0.1) is 5.69 Å². The predicted octanol–water partition coefficient (Wildman–Crippen LogP) is 4.20. The van der Waals surface area contributed by atoms with Crippen LogP contribution in [0, 0.1) is 13.8 Å². The molecule has 0 radical (unpaired) electrons. The summed E-state index contributed by atoms with van der Waals surface area (Å²) in [5.41, 5.74) is 4.63. The van der Waals surface area contributed by atoms with Gasteiger partial charge in [-0.15, -0.1) is 0 Å². The minimum absolute atomic E-state index is 0.111. The van der Waals surface area contributed by atoms with Crippen molar-refractivity contribution in [1.82, 2.24) is 15.1 Å². The number of ether oxygens (including phenoxy) is 1. The Bertz CT molecular complexity index is 949. The van der Waals surface area contributed by atoms with Crippen molar-refractivity contribution in [1.29, 1.82) is 0 Å². The van der Waals surface area contributed by atoms with Gasteiger partial charge in [0.25, 0.3) is 5.91 Å². The second-order valence-electron chi connectivity index (χ2n) is 6.40. The number of hydrogen-bond donors (Lipinski definition) is 1. The van der Waals surface area contributed by atoms with Crippen LogP contribution in [0.15, 0.2) is 48.5 Å². The van der Waals surface area contributed by atoms with Crippen molar-refractivity contribution in [3.63, 3.8) is 0 Å². The number of halogens is 1. The first-order valence-corrected chi connectivity index (χ1v) is 9.06. The Labute approximate surface area is 163 Å². The van der Waals surface area contributed by atoms with Crippen molar-refractivity contribution < 1.29 is 9.53 Å². The Hall–Kier alpha value is -2.79. The average Bonchev–Trinajstić information content (AvgIpc) is 2.90. The number of carbonyl (C=O) groups excluding carboxylic acids is 1. The highest BCUT2D eigenvalue weighted by Crippen LogP contribution is 2.18. The molecule has 1 N–H and O–H groups in total. The van der Waals surface area contributed by atoms with Crippen molar-refractivity contribution in [2.45, 2.75) is 27.0 Å². The van der Waals surface area contributed by atoms with Gasteiger partial charge in [-0.1, -0.05) is 29.8 Å². The zero-order chi connectivity index (χ0) is 19.4. The molecule has 0 unspecified atom stereocenters. The van der Waals surface area contributed by atoms with Crippen LogP contribution in [0.4, 0.5) is 0 Å². The molecule has 0 aliphatic rings. The number of nitrogens with one attached hydrogen (secondary N) is 1. The van der Waals surface area contributed by atoms with E-state index in [0.717, 1.165) is 22.5 Å². The van der Waals surface area contributed by atoms with Gasteiger partial charge in [0.1, 0.15) is 12.4 Å². The molecule has 0 aliphatic carbocycles. The molecule has 1 aromatic heterocycles. The predicted molar refractivity (Wildman–Crippen MR) is 106 cm³/mol. The van der Waals surface area contributed by atoms with Crippen LogP contribution in [0.1, 0.15) is 32.9 Å². The van der Waals surface area contributed by atoms with E-state index in [1.54, 1.807) is 24.3 Å². The summed E-state index contributed by atoms with van der Waals surface area (Å²) in [5, 5.41) is 7.96. The Kier molecular flexibility index (Phi) is 5.81. The van der Waals surface area contributed by atoms with Crippen molar-refractivity contribution in [3.05, 3.63) is 81.6 Å². The number of aryl methyl sites for hydroxylation is 2. The van der Waals surface area contributed by atoms with Crippen molar-refractivity contribution in [2.24, 2.45) is 7.05 Å². The van der Waals surface area contributed by atoms with E-state index >= 15 is 0 Å². The third-order valence-corrected chi connectivity index (χ3v) is 4.74. The summed E-state index contributed by atoms with van der Waals surface area (Å²) in [4.78, 5) is 12.4. The minimum atomic E-state index is -0.111. The number of carbonyl (C=O) groups is 1. The van der Waals surface area contributed by atoms with Gasteiger partial charge in [0.2, 0.25) is 0 Å². The minimum Gasteiger partial charge on any atom is -0.489 e. The molecule has 3 rings (SSSR count). The van der Waals surface area contributed by atoms with Crippen LogP contribution in [0.2, 0.25) is 5.02 Å². The Morgan fingerprint density at radius 3 is 2.56 bits per heavy atom. The molecule has 0 saturated carbocycles. The smallest absolute Gasteiger partial charge is 0.251 e.